The molecule has 8 nitrogen and oxygen atoms in total. The van der Waals surface area contributed by atoms with Crippen molar-refractivity contribution >= 4 is 28.7 Å². The molecule has 1 aromatic carbocycles. The molecule has 3 heterocycles. The van der Waals surface area contributed by atoms with Gasteiger partial charge in [-0.3, -0.25) is 0 Å². The Bertz CT molecular complexity index is 1260. The molecule has 0 aliphatic rings. The van der Waals surface area contributed by atoms with E-state index in [9.17, 15) is 9.59 Å². The molecule has 0 atom stereocenters. The molecule has 0 aliphatic carbocycles. The van der Waals surface area contributed by atoms with Crippen LogP contribution in [0.2, 0.25) is 0 Å². The number of carbonyl (C=O) groups excluding carboxylic acids is 1. The molecule has 0 unspecified atom stereocenters. The van der Waals surface area contributed by atoms with Crippen LogP contribution in [-0.4, -0.2) is 28.5 Å². The molecule has 0 fully saturated rings. The number of para-hydroxylation sites is 1. The zero-order valence-electron chi connectivity index (χ0n) is 14.8. The van der Waals surface area contributed by atoms with Crippen LogP contribution in [0.15, 0.2) is 72.0 Å². The lowest BCUT2D eigenvalue weighted by Gasteiger charge is -2.01. The molecule has 0 saturated heterocycles. The van der Waals surface area contributed by atoms with Gasteiger partial charge in [-0.15, -0.1) is 10.2 Å². The number of ether oxygens (including phenoxy) is 1. The van der Waals surface area contributed by atoms with Crippen LogP contribution in [0.3, 0.4) is 0 Å². The molecule has 144 valence electrons. The molecule has 0 bridgehead atoms. The van der Waals surface area contributed by atoms with E-state index in [4.69, 9.17) is 18.0 Å². The lowest BCUT2D eigenvalue weighted by Crippen LogP contribution is -2.16. The molecule has 3 aromatic heterocycles. The van der Waals surface area contributed by atoms with Gasteiger partial charge in [-0.05, 0) is 24.3 Å². The van der Waals surface area contributed by atoms with Gasteiger partial charge in [-0.2, -0.15) is 0 Å². The number of carbonyl (C=O) groups is 1. The number of hydrogen-bond acceptors (Lipinski definition) is 9. The second kappa shape index (κ2) is 8.50. The lowest BCUT2D eigenvalue weighted by atomic mass is 10.2. The second-order valence-corrected chi connectivity index (χ2v) is 6.48. The highest BCUT2D eigenvalue weighted by molar-refractivity contribution is 7.99. The number of aromatic nitrogens is 2. The Labute approximate surface area is 167 Å². The van der Waals surface area contributed by atoms with Crippen molar-refractivity contribution in [2.75, 3.05) is 12.4 Å². The summed E-state index contributed by atoms with van der Waals surface area (Å²) >= 11 is 1.24. The van der Waals surface area contributed by atoms with Crippen molar-refractivity contribution in [3.63, 3.8) is 0 Å². The molecule has 4 aromatic rings. The number of fused-ring (bicyclic) bond motifs is 1. The fourth-order valence-electron chi connectivity index (χ4n) is 2.35. The van der Waals surface area contributed by atoms with E-state index < -0.39 is 11.6 Å². The number of furan rings is 1. The monoisotopic (exact) mass is 408 g/mol. The molecule has 4 rings (SSSR count). The number of nitrogens with zero attached hydrogens (tertiary/aromatic N) is 2. The Balaban J connectivity index is 1.29. The van der Waals surface area contributed by atoms with Crippen LogP contribution in [0, 0.1) is 11.8 Å². The van der Waals surface area contributed by atoms with Crippen molar-refractivity contribution in [1.29, 1.82) is 0 Å². The summed E-state index contributed by atoms with van der Waals surface area (Å²) < 4.78 is 20.7. The van der Waals surface area contributed by atoms with E-state index in [0.29, 0.717) is 27.7 Å². The number of rotatable bonds is 5. The van der Waals surface area contributed by atoms with Gasteiger partial charge >= 0.3 is 11.6 Å². The molecule has 9 heteroatoms. The minimum atomic E-state index is -0.786. The van der Waals surface area contributed by atoms with Gasteiger partial charge in [0.1, 0.15) is 11.1 Å². The summed E-state index contributed by atoms with van der Waals surface area (Å²) in [7, 11) is 0. The fraction of sp³-hybridized carbons (Fsp3) is 0.100. The van der Waals surface area contributed by atoms with E-state index in [1.807, 2.05) is 0 Å². The molecule has 0 aliphatic heterocycles. The summed E-state index contributed by atoms with van der Waals surface area (Å²) in [5.41, 5.74) is -0.515. The Kier molecular flexibility index (Phi) is 5.45. The standard InChI is InChI=1S/C20H12N2O6S/c23-18(14-12-13-6-1-2-7-15(13)27-19(14)24)26-9-3-4-11-29-20-22-21-17(28-20)16-8-5-10-25-16/h1-2,5-8,10,12H,9,11H2. The molecule has 0 spiro atoms. The molecular weight excluding hydrogens is 396 g/mol. The Morgan fingerprint density at radius 1 is 1.10 bits per heavy atom. The van der Waals surface area contributed by atoms with Crippen molar-refractivity contribution in [3.8, 4) is 23.5 Å². The largest absolute Gasteiger partial charge is 0.459 e. The summed E-state index contributed by atoms with van der Waals surface area (Å²) in [5.74, 6) is 5.85. The maximum atomic E-state index is 12.1. The minimum absolute atomic E-state index is 0.160. The van der Waals surface area contributed by atoms with Gasteiger partial charge in [-0.25, -0.2) is 9.59 Å². The topological polar surface area (TPSA) is 109 Å². The highest BCUT2D eigenvalue weighted by atomic mass is 32.2. The average Bonchev–Trinajstić information content (AvgIpc) is 3.41. The Hall–Kier alpha value is -3.77. The minimum Gasteiger partial charge on any atom is -0.459 e. The van der Waals surface area contributed by atoms with Crippen molar-refractivity contribution in [1.82, 2.24) is 10.2 Å². The van der Waals surface area contributed by atoms with Crippen LogP contribution in [0.1, 0.15) is 10.4 Å². The van der Waals surface area contributed by atoms with E-state index in [2.05, 4.69) is 22.0 Å². The lowest BCUT2D eigenvalue weighted by molar-refractivity contribution is 0.0552. The summed E-state index contributed by atoms with van der Waals surface area (Å²) in [6, 6.07) is 11.8. The first-order chi connectivity index (χ1) is 14.2. The first-order valence-corrected chi connectivity index (χ1v) is 9.35. The quantitative estimate of drug-likeness (QED) is 0.212. The van der Waals surface area contributed by atoms with Crippen LogP contribution >= 0.6 is 11.8 Å². The number of hydrogen-bond donors (Lipinski definition) is 0. The third-order valence-electron chi connectivity index (χ3n) is 3.67. The van der Waals surface area contributed by atoms with Crippen molar-refractivity contribution in [2.24, 2.45) is 0 Å². The summed E-state index contributed by atoms with van der Waals surface area (Å²) in [5, 5.41) is 8.73. The van der Waals surface area contributed by atoms with Crippen LogP contribution in [-0.2, 0) is 4.74 Å². The van der Waals surface area contributed by atoms with E-state index in [1.54, 1.807) is 36.4 Å². The maximum absolute atomic E-state index is 12.1. The molecular formula is C20H12N2O6S. The van der Waals surface area contributed by atoms with Gasteiger partial charge in [0, 0.05) is 5.39 Å². The van der Waals surface area contributed by atoms with E-state index in [0.717, 1.165) is 0 Å². The van der Waals surface area contributed by atoms with E-state index in [-0.39, 0.29) is 18.1 Å². The predicted octanol–water partition coefficient (Wildman–Crippen LogP) is 3.39. The van der Waals surface area contributed by atoms with Crippen molar-refractivity contribution in [2.45, 2.75) is 5.22 Å². The summed E-state index contributed by atoms with van der Waals surface area (Å²) in [6.45, 7) is -0.160. The fourth-order valence-corrected chi connectivity index (χ4v) is 2.89. The Morgan fingerprint density at radius 2 is 2.00 bits per heavy atom. The van der Waals surface area contributed by atoms with Gasteiger partial charge in [0.2, 0.25) is 0 Å². The van der Waals surface area contributed by atoms with Gasteiger partial charge in [0.25, 0.3) is 11.1 Å². The van der Waals surface area contributed by atoms with Crippen molar-refractivity contribution in [3.05, 3.63) is 64.7 Å². The Morgan fingerprint density at radius 3 is 2.86 bits per heavy atom. The van der Waals surface area contributed by atoms with Crippen LogP contribution in [0.25, 0.3) is 22.6 Å². The maximum Gasteiger partial charge on any atom is 0.351 e. The third-order valence-corrected chi connectivity index (χ3v) is 4.37. The normalized spacial score (nSPS) is 10.5. The van der Waals surface area contributed by atoms with Crippen LogP contribution < -0.4 is 5.63 Å². The van der Waals surface area contributed by atoms with E-state index >= 15 is 0 Å². The van der Waals surface area contributed by atoms with E-state index in [1.165, 1.54) is 24.1 Å². The van der Waals surface area contributed by atoms with Gasteiger partial charge < -0.3 is 18.0 Å². The highest BCUT2D eigenvalue weighted by Gasteiger charge is 2.14. The second-order valence-electron chi connectivity index (χ2n) is 5.55. The predicted molar refractivity (Wildman–Crippen MR) is 103 cm³/mol. The first kappa shape index (κ1) is 18.6. The molecule has 0 radical (unpaired) electrons. The first-order valence-electron chi connectivity index (χ1n) is 8.36. The third kappa shape index (κ3) is 4.39. The molecule has 0 N–H and O–H groups in total. The van der Waals surface area contributed by atoms with Crippen LogP contribution in [0.4, 0.5) is 0 Å². The van der Waals surface area contributed by atoms with Gasteiger partial charge in [0.05, 0.1) is 12.0 Å². The number of benzene rings is 1. The zero-order chi connectivity index (χ0) is 20.1. The van der Waals surface area contributed by atoms with Gasteiger partial charge in [-0.1, -0.05) is 41.8 Å². The SMILES string of the molecule is O=C(OCC#CCSc1nnc(-c2ccco2)o1)c1cc2ccccc2oc1=O. The average molecular weight is 408 g/mol. The smallest absolute Gasteiger partial charge is 0.351 e. The number of thioether (sulfide) groups is 1. The van der Waals surface area contributed by atoms with Crippen molar-refractivity contribution < 1.29 is 22.8 Å². The molecule has 0 amide bonds. The summed E-state index contributed by atoms with van der Waals surface area (Å²) in [4.78, 5) is 24.0. The van der Waals surface area contributed by atoms with Gasteiger partial charge in [0.15, 0.2) is 12.4 Å². The number of esters is 1. The van der Waals surface area contributed by atoms with Crippen LogP contribution in [0.5, 0.6) is 0 Å². The zero-order valence-corrected chi connectivity index (χ0v) is 15.6. The molecule has 29 heavy (non-hydrogen) atoms. The highest BCUT2D eigenvalue weighted by Crippen LogP contribution is 2.22. The summed E-state index contributed by atoms with van der Waals surface area (Å²) in [6.07, 6.45) is 1.51. The molecule has 0 saturated carbocycles.